The molecule has 0 saturated carbocycles. The van der Waals surface area contributed by atoms with Gasteiger partial charge in [-0.05, 0) is 77.0 Å². The van der Waals surface area contributed by atoms with Gasteiger partial charge in [0.1, 0.15) is 0 Å². The number of esters is 6. The van der Waals surface area contributed by atoms with Gasteiger partial charge in [0.15, 0.2) is 0 Å². The standard InChI is InChI=1S/C48H78O18/c1-7-25-55-31-13-19-37(49)61-43-44(62-38(50)20-14-32-56-26-8-2)46(64-40(52)22-16-34-58-28-10-4)48(66-42(54)24-18-36-60-30-12-6)47(65-41(53)23-17-35-59-29-11-5)45(43)63-39(51)21-15-33-57-27-9-3/h7-36H2,1-6H3. The van der Waals surface area contributed by atoms with Crippen molar-refractivity contribution in [3.8, 4) is 34.5 Å². The first-order valence-electron chi connectivity index (χ1n) is 24.0. The summed E-state index contributed by atoms with van der Waals surface area (Å²) < 4.78 is 68.5. The fraction of sp³-hybridized carbons (Fsp3) is 0.750. The summed E-state index contributed by atoms with van der Waals surface area (Å²) in [6.45, 7) is 15.7. The van der Waals surface area contributed by atoms with E-state index in [-0.39, 0.29) is 117 Å². The Bertz CT molecular complexity index is 1220. The SMILES string of the molecule is CCCOCCCC(=O)Oc1c(OC(=O)CCCOCCC)c(OC(=O)CCCOCCC)c(OC(=O)CCCOCCC)c(OC(=O)CCCOCCC)c1OC(=O)CCCOCCC. The average molecular weight is 943 g/mol. The lowest BCUT2D eigenvalue weighted by Gasteiger charge is -2.23. The molecule has 0 aliphatic heterocycles. The maximum Gasteiger partial charge on any atom is 0.311 e. The molecule has 378 valence electrons. The first kappa shape index (κ1) is 59.8. The maximum absolute atomic E-state index is 13.7. The average Bonchev–Trinajstić information content (AvgIpc) is 3.29. The van der Waals surface area contributed by atoms with E-state index >= 15 is 0 Å². The number of hydrogen-bond donors (Lipinski definition) is 0. The van der Waals surface area contributed by atoms with Crippen LogP contribution in [0.3, 0.4) is 0 Å². The maximum atomic E-state index is 13.7. The van der Waals surface area contributed by atoms with Crippen LogP contribution in [0.25, 0.3) is 0 Å². The minimum absolute atomic E-state index is 0.208. The zero-order valence-electron chi connectivity index (χ0n) is 40.6. The quantitative estimate of drug-likeness (QED) is 0.0342. The first-order valence-corrected chi connectivity index (χ1v) is 24.0. The van der Waals surface area contributed by atoms with Gasteiger partial charge in [-0.15, -0.1) is 0 Å². The highest BCUT2D eigenvalue weighted by Crippen LogP contribution is 2.59. The molecule has 0 bridgehead atoms. The molecule has 0 heterocycles. The molecule has 18 heteroatoms. The van der Waals surface area contributed by atoms with Crippen molar-refractivity contribution in [2.75, 3.05) is 79.3 Å². The molecule has 0 amide bonds. The van der Waals surface area contributed by atoms with E-state index in [1.807, 2.05) is 41.5 Å². The number of carbonyl (C=O) groups is 6. The zero-order valence-corrected chi connectivity index (χ0v) is 40.6. The topological polar surface area (TPSA) is 213 Å². The van der Waals surface area contributed by atoms with Crippen LogP contribution in [-0.4, -0.2) is 115 Å². The number of ether oxygens (including phenoxy) is 12. The third kappa shape index (κ3) is 28.1. The highest BCUT2D eigenvalue weighted by atomic mass is 16.6. The molecule has 0 aliphatic rings. The van der Waals surface area contributed by atoms with E-state index in [0.29, 0.717) is 39.6 Å². The van der Waals surface area contributed by atoms with E-state index in [4.69, 9.17) is 56.8 Å². The van der Waals surface area contributed by atoms with E-state index in [2.05, 4.69) is 0 Å². The normalized spacial score (nSPS) is 11.0. The number of hydrogen-bond acceptors (Lipinski definition) is 18. The van der Waals surface area contributed by atoms with Gasteiger partial charge in [-0.25, -0.2) is 0 Å². The summed E-state index contributed by atoms with van der Waals surface area (Å²) in [6, 6.07) is 0. The van der Waals surface area contributed by atoms with Gasteiger partial charge in [-0.2, -0.15) is 0 Å². The molecule has 18 nitrogen and oxygen atoms in total. The summed E-state index contributed by atoms with van der Waals surface area (Å²) in [6.07, 6.45) is 4.41. The first-order chi connectivity index (χ1) is 32.1. The van der Waals surface area contributed by atoms with E-state index in [1.54, 1.807) is 0 Å². The lowest BCUT2D eigenvalue weighted by atomic mass is 10.2. The lowest BCUT2D eigenvalue weighted by Crippen LogP contribution is -2.21. The Morgan fingerprint density at radius 2 is 0.379 bits per heavy atom. The second-order valence-electron chi connectivity index (χ2n) is 15.1. The zero-order chi connectivity index (χ0) is 48.6. The van der Waals surface area contributed by atoms with E-state index in [1.165, 1.54) is 0 Å². The van der Waals surface area contributed by atoms with Gasteiger partial charge in [-0.3, -0.25) is 28.8 Å². The summed E-state index contributed by atoms with van der Waals surface area (Å²) >= 11 is 0. The van der Waals surface area contributed by atoms with Crippen LogP contribution >= 0.6 is 0 Å². The highest BCUT2D eigenvalue weighted by Gasteiger charge is 2.38. The van der Waals surface area contributed by atoms with Crippen LogP contribution in [0.2, 0.25) is 0 Å². The van der Waals surface area contributed by atoms with Crippen molar-refractivity contribution in [3.05, 3.63) is 0 Å². The van der Waals surface area contributed by atoms with E-state index in [0.717, 1.165) is 38.5 Å². The molecule has 1 rings (SSSR count). The van der Waals surface area contributed by atoms with Crippen LogP contribution < -0.4 is 28.4 Å². The van der Waals surface area contributed by atoms with Gasteiger partial charge in [0.25, 0.3) is 0 Å². The minimum Gasteiger partial charge on any atom is -0.418 e. The number of carbonyl (C=O) groups excluding carboxylic acids is 6. The van der Waals surface area contributed by atoms with Crippen molar-refractivity contribution < 1.29 is 85.6 Å². The summed E-state index contributed by atoms with van der Waals surface area (Å²) in [4.78, 5) is 82.3. The Morgan fingerprint density at radius 3 is 0.500 bits per heavy atom. The molecule has 0 unspecified atom stereocenters. The van der Waals surface area contributed by atoms with Gasteiger partial charge < -0.3 is 56.8 Å². The molecular formula is C48H78O18. The Labute approximate surface area is 391 Å². The van der Waals surface area contributed by atoms with Crippen molar-refractivity contribution in [2.24, 2.45) is 0 Å². The molecule has 0 fully saturated rings. The van der Waals surface area contributed by atoms with E-state index in [9.17, 15) is 28.8 Å². The van der Waals surface area contributed by atoms with Crippen molar-refractivity contribution in [1.29, 1.82) is 0 Å². The van der Waals surface area contributed by atoms with Crippen LogP contribution in [0.15, 0.2) is 0 Å². The second kappa shape index (κ2) is 39.9. The van der Waals surface area contributed by atoms with Crippen LogP contribution in [0.5, 0.6) is 34.5 Å². The van der Waals surface area contributed by atoms with Crippen molar-refractivity contribution in [1.82, 2.24) is 0 Å². The highest BCUT2D eigenvalue weighted by molar-refractivity contribution is 5.90. The van der Waals surface area contributed by atoms with Crippen LogP contribution in [0.1, 0.15) is 157 Å². The lowest BCUT2D eigenvalue weighted by molar-refractivity contribution is -0.141. The third-order valence-electron chi connectivity index (χ3n) is 8.64. The fourth-order valence-corrected chi connectivity index (χ4v) is 5.55. The largest absolute Gasteiger partial charge is 0.418 e. The molecule has 66 heavy (non-hydrogen) atoms. The van der Waals surface area contributed by atoms with Crippen LogP contribution in [0.4, 0.5) is 0 Å². The fourth-order valence-electron chi connectivity index (χ4n) is 5.55. The van der Waals surface area contributed by atoms with Gasteiger partial charge in [0.05, 0.1) is 0 Å². The molecular weight excluding hydrogens is 865 g/mol. The third-order valence-corrected chi connectivity index (χ3v) is 8.64. The molecule has 0 saturated heterocycles. The summed E-state index contributed by atoms with van der Waals surface area (Å²) in [5.74, 6) is -9.86. The molecule has 0 aliphatic carbocycles. The summed E-state index contributed by atoms with van der Waals surface area (Å²) in [5.41, 5.74) is 0. The minimum atomic E-state index is -0.904. The predicted molar refractivity (Wildman–Crippen MR) is 242 cm³/mol. The van der Waals surface area contributed by atoms with Gasteiger partial charge in [0, 0.05) is 118 Å². The van der Waals surface area contributed by atoms with Crippen LogP contribution in [-0.2, 0) is 57.2 Å². The Balaban J connectivity index is 4.24. The smallest absolute Gasteiger partial charge is 0.311 e. The van der Waals surface area contributed by atoms with Gasteiger partial charge in [0.2, 0.25) is 34.5 Å². The molecule has 1 aromatic rings. The summed E-state index contributed by atoms with van der Waals surface area (Å²) in [5, 5.41) is 0. The van der Waals surface area contributed by atoms with Gasteiger partial charge in [-0.1, -0.05) is 41.5 Å². The summed E-state index contributed by atoms with van der Waals surface area (Å²) in [7, 11) is 0. The molecule has 0 atom stereocenters. The Hall–Kier alpha value is -4.20. The van der Waals surface area contributed by atoms with Crippen molar-refractivity contribution >= 4 is 35.8 Å². The van der Waals surface area contributed by atoms with Crippen molar-refractivity contribution in [3.63, 3.8) is 0 Å². The second-order valence-corrected chi connectivity index (χ2v) is 15.1. The van der Waals surface area contributed by atoms with Crippen LogP contribution in [0, 0.1) is 0 Å². The Kier molecular flexibility index (Phi) is 36.2. The molecule has 0 spiro atoms. The van der Waals surface area contributed by atoms with Gasteiger partial charge >= 0.3 is 35.8 Å². The molecule has 0 N–H and O–H groups in total. The molecule has 1 aromatic carbocycles. The number of rotatable bonds is 42. The monoisotopic (exact) mass is 943 g/mol. The molecule has 0 radical (unpaired) electrons. The van der Waals surface area contributed by atoms with Crippen molar-refractivity contribution in [2.45, 2.75) is 157 Å². The molecule has 0 aromatic heterocycles. The van der Waals surface area contributed by atoms with E-state index < -0.39 is 70.3 Å². The predicted octanol–water partition coefficient (Wildman–Crippen LogP) is 8.36. The number of benzene rings is 1. The Morgan fingerprint density at radius 1 is 0.242 bits per heavy atom.